The minimum Gasteiger partial charge on any atom is -0.398 e. The van der Waals surface area contributed by atoms with Gasteiger partial charge in [0, 0.05) is 30.2 Å². The van der Waals surface area contributed by atoms with Crippen LogP contribution in [0.25, 0.3) is 0 Å². The maximum absolute atomic E-state index is 12.4. The number of nitrogens with one attached hydrogen (secondary N) is 2. The first kappa shape index (κ1) is 19.5. The smallest absolute Gasteiger partial charge is 0.259 e. The molecule has 6 heteroatoms. The molecule has 4 rings (SSSR count). The molecule has 0 fully saturated rings. The van der Waals surface area contributed by atoms with Gasteiger partial charge >= 0.3 is 0 Å². The Balaban J connectivity index is 1.65. The van der Waals surface area contributed by atoms with Crippen molar-refractivity contribution in [2.75, 3.05) is 11.1 Å². The van der Waals surface area contributed by atoms with E-state index in [0.717, 1.165) is 24.9 Å². The summed E-state index contributed by atoms with van der Waals surface area (Å²) in [4.78, 5) is 12.4. The van der Waals surface area contributed by atoms with E-state index in [0.29, 0.717) is 22.4 Å². The molecule has 1 unspecified atom stereocenters. The van der Waals surface area contributed by atoms with E-state index in [1.54, 1.807) is 31.4 Å². The molecule has 0 saturated carbocycles. The van der Waals surface area contributed by atoms with Crippen LogP contribution in [0.3, 0.4) is 0 Å². The fourth-order valence-electron chi connectivity index (χ4n) is 4.03. The molecule has 30 heavy (non-hydrogen) atoms. The lowest BCUT2D eigenvalue weighted by Crippen LogP contribution is -2.24. The highest BCUT2D eigenvalue weighted by Crippen LogP contribution is 2.34. The SMILES string of the molecule is Cn1cccc(C(=N)c2cc(NC3CCCc4cc(C#N)ccc43)ccc2N)c1=O. The van der Waals surface area contributed by atoms with Crippen molar-refractivity contribution in [3.05, 3.63) is 92.9 Å². The Hall–Kier alpha value is -3.85. The van der Waals surface area contributed by atoms with Gasteiger partial charge in [0.15, 0.2) is 0 Å². The van der Waals surface area contributed by atoms with Crippen molar-refractivity contribution in [3.63, 3.8) is 0 Å². The van der Waals surface area contributed by atoms with E-state index in [9.17, 15) is 4.79 Å². The van der Waals surface area contributed by atoms with Gasteiger partial charge in [-0.25, -0.2) is 0 Å². The van der Waals surface area contributed by atoms with E-state index in [2.05, 4.69) is 11.4 Å². The van der Waals surface area contributed by atoms with Crippen LogP contribution in [-0.4, -0.2) is 10.3 Å². The van der Waals surface area contributed by atoms with Crippen LogP contribution < -0.4 is 16.6 Å². The lowest BCUT2D eigenvalue weighted by Gasteiger charge is -2.27. The molecule has 4 N–H and O–H groups in total. The van der Waals surface area contributed by atoms with Gasteiger partial charge in [-0.1, -0.05) is 6.07 Å². The summed E-state index contributed by atoms with van der Waals surface area (Å²) in [5.74, 6) is 0. The Morgan fingerprint density at radius 1 is 1.23 bits per heavy atom. The Labute approximate surface area is 175 Å². The van der Waals surface area contributed by atoms with E-state index in [1.165, 1.54) is 15.7 Å². The molecule has 0 radical (unpaired) electrons. The summed E-state index contributed by atoms with van der Waals surface area (Å²) in [7, 11) is 1.67. The number of nitrogens with two attached hydrogens (primary N) is 1. The summed E-state index contributed by atoms with van der Waals surface area (Å²) in [6, 6.07) is 17.1. The first-order valence-corrected chi connectivity index (χ1v) is 9.92. The zero-order valence-corrected chi connectivity index (χ0v) is 16.8. The van der Waals surface area contributed by atoms with Crippen molar-refractivity contribution in [2.24, 2.45) is 7.05 Å². The summed E-state index contributed by atoms with van der Waals surface area (Å²) in [5.41, 5.74) is 11.3. The Morgan fingerprint density at radius 2 is 2.07 bits per heavy atom. The number of nitrogen functional groups attached to an aromatic ring is 1. The number of benzene rings is 2. The van der Waals surface area contributed by atoms with Gasteiger partial charge in [-0.15, -0.1) is 0 Å². The second kappa shape index (κ2) is 7.88. The monoisotopic (exact) mass is 397 g/mol. The van der Waals surface area contributed by atoms with Crippen LogP contribution in [0.2, 0.25) is 0 Å². The van der Waals surface area contributed by atoms with Gasteiger partial charge in [0.1, 0.15) is 0 Å². The van der Waals surface area contributed by atoms with Crippen molar-refractivity contribution in [1.82, 2.24) is 4.57 Å². The fraction of sp³-hybridized carbons (Fsp3) is 0.208. The number of nitriles is 1. The van der Waals surface area contributed by atoms with Crippen molar-refractivity contribution < 1.29 is 0 Å². The summed E-state index contributed by atoms with van der Waals surface area (Å²) >= 11 is 0. The van der Waals surface area contributed by atoms with Gasteiger partial charge in [0.05, 0.1) is 28.9 Å². The van der Waals surface area contributed by atoms with Crippen LogP contribution in [0.15, 0.2) is 59.5 Å². The maximum atomic E-state index is 12.4. The van der Waals surface area contributed by atoms with Gasteiger partial charge in [-0.05, 0) is 72.9 Å². The largest absolute Gasteiger partial charge is 0.398 e. The summed E-state index contributed by atoms with van der Waals surface area (Å²) < 4.78 is 1.45. The number of hydrogen-bond donors (Lipinski definition) is 3. The van der Waals surface area contributed by atoms with Crippen molar-refractivity contribution in [3.8, 4) is 6.07 Å². The van der Waals surface area contributed by atoms with E-state index in [-0.39, 0.29) is 17.3 Å². The number of aryl methyl sites for hydroxylation is 2. The first-order chi connectivity index (χ1) is 14.5. The van der Waals surface area contributed by atoms with Gasteiger partial charge in [0.25, 0.3) is 5.56 Å². The third-order valence-corrected chi connectivity index (χ3v) is 5.64. The topological polar surface area (TPSA) is 108 Å². The van der Waals surface area contributed by atoms with Crippen LogP contribution in [0.4, 0.5) is 11.4 Å². The van der Waals surface area contributed by atoms with Crippen molar-refractivity contribution in [2.45, 2.75) is 25.3 Å². The Bertz CT molecular complexity index is 1240. The highest BCUT2D eigenvalue weighted by atomic mass is 16.1. The lowest BCUT2D eigenvalue weighted by molar-refractivity contribution is 0.600. The molecule has 150 valence electrons. The highest BCUT2D eigenvalue weighted by molar-refractivity contribution is 6.14. The molecule has 1 aliphatic rings. The van der Waals surface area contributed by atoms with E-state index >= 15 is 0 Å². The molecule has 0 aliphatic heterocycles. The average molecular weight is 397 g/mol. The number of fused-ring (bicyclic) bond motifs is 1. The molecule has 0 spiro atoms. The van der Waals surface area contributed by atoms with Crippen molar-refractivity contribution in [1.29, 1.82) is 10.7 Å². The van der Waals surface area contributed by atoms with Gasteiger partial charge in [-0.2, -0.15) is 5.26 Å². The lowest BCUT2D eigenvalue weighted by atomic mass is 9.86. The minimum absolute atomic E-state index is 0.111. The molecule has 2 aromatic carbocycles. The van der Waals surface area contributed by atoms with Crippen LogP contribution >= 0.6 is 0 Å². The number of anilines is 2. The molecule has 1 heterocycles. The molecule has 0 saturated heterocycles. The third-order valence-electron chi connectivity index (χ3n) is 5.64. The van der Waals surface area contributed by atoms with E-state index in [4.69, 9.17) is 16.4 Å². The second-order valence-corrected chi connectivity index (χ2v) is 7.63. The number of aromatic nitrogens is 1. The Kier molecular flexibility index (Phi) is 5.11. The minimum atomic E-state index is -0.227. The zero-order valence-electron chi connectivity index (χ0n) is 16.8. The van der Waals surface area contributed by atoms with Crippen molar-refractivity contribution >= 4 is 17.1 Å². The first-order valence-electron chi connectivity index (χ1n) is 9.92. The quantitative estimate of drug-likeness (QED) is 0.460. The van der Waals surface area contributed by atoms with Crippen LogP contribution in [-0.2, 0) is 13.5 Å². The highest BCUT2D eigenvalue weighted by Gasteiger charge is 2.21. The number of rotatable bonds is 4. The van der Waals surface area contributed by atoms with Crippen LogP contribution in [0.5, 0.6) is 0 Å². The van der Waals surface area contributed by atoms with E-state index < -0.39 is 0 Å². The third kappa shape index (κ3) is 3.58. The number of hydrogen-bond acceptors (Lipinski definition) is 5. The predicted molar refractivity (Wildman–Crippen MR) is 119 cm³/mol. The van der Waals surface area contributed by atoms with Crippen LogP contribution in [0.1, 0.15) is 46.7 Å². The molecule has 6 nitrogen and oxygen atoms in total. The molecule has 1 aromatic heterocycles. The van der Waals surface area contributed by atoms with Gasteiger partial charge < -0.3 is 15.6 Å². The fourth-order valence-corrected chi connectivity index (χ4v) is 4.03. The zero-order chi connectivity index (χ0) is 21.3. The molecule has 1 aliphatic carbocycles. The standard InChI is InChI=1S/C24H23N5O/c1-29-11-3-5-19(24(29)30)23(27)20-13-17(8-10-21(20)26)28-22-6-2-4-16-12-15(14-25)7-9-18(16)22/h3,5,7-13,22,27-28H,2,4,6,26H2,1H3. The molecular formula is C24H23N5O. The molecule has 0 amide bonds. The maximum Gasteiger partial charge on any atom is 0.259 e. The number of nitrogens with zero attached hydrogens (tertiary/aromatic N) is 2. The average Bonchev–Trinajstić information content (AvgIpc) is 2.76. The molecule has 1 atom stereocenters. The summed E-state index contributed by atoms with van der Waals surface area (Å²) in [5, 5.41) is 21.3. The summed E-state index contributed by atoms with van der Waals surface area (Å²) in [6.07, 6.45) is 4.66. The molecule has 0 bridgehead atoms. The van der Waals surface area contributed by atoms with Gasteiger partial charge in [0.2, 0.25) is 0 Å². The van der Waals surface area contributed by atoms with Crippen LogP contribution in [0, 0.1) is 16.7 Å². The van der Waals surface area contributed by atoms with E-state index in [1.807, 2.05) is 30.3 Å². The Morgan fingerprint density at radius 3 is 2.87 bits per heavy atom. The molecular weight excluding hydrogens is 374 g/mol. The number of pyridine rings is 1. The second-order valence-electron chi connectivity index (χ2n) is 7.63. The van der Waals surface area contributed by atoms with Gasteiger partial charge in [-0.3, -0.25) is 10.2 Å². The normalized spacial score (nSPS) is 15.1. The predicted octanol–water partition coefficient (Wildman–Crippen LogP) is 3.74. The summed E-state index contributed by atoms with van der Waals surface area (Å²) in [6.45, 7) is 0. The molecule has 3 aromatic rings.